The monoisotopic (exact) mass is 592 g/mol. The SMILES string of the molecule is CCOc1ccc2nc(N(CCN(CC)CC)C(=O)c3ccc(S(=O)(=O)N4CCc5ccccc5C4)cc3)sc2c1. The van der Waals surface area contributed by atoms with Crippen molar-refractivity contribution in [1.29, 1.82) is 0 Å². The lowest BCUT2D eigenvalue weighted by Crippen LogP contribution is -2.39. The van der Waals surface area contributed by atoms with Crippen molar-refractivity contribution in [3.05, 3.63) is 83.4 Å². The molecule has 8 nitrogen and oxygen atoms in total. The van der Waals surface area contributed by atoms with E-state index in [0.29, 0.717) is 49.9 Å². The van der Waals surface area contributed by atoms with E-state index >= 15 is 0 Å². The quantitative estimate of drug-likeness (QED) is 0.231. The normalized spacial score (nSPS) is 13.9. The molecule has 1 aromatic heterocycles. The minimum atomic E-state index is -3.69. The number of ether oxygens (including phenoxy) is 1. The molecule has 0 bridgehead atoms. The lowest BCUT2D eigenvalue weighted by Gasteiger charge is -2.28. The van der Waals surface area contributed by atoms with Gasteiger partial charge in [-0.05, 0) is 80.0 Å². The third kappa shape index (κ3) is 6.30. The van der Waals surface area contributed by atoms with Crippen molar-refractivity contribution >= 4 is 42.6 Å². The number of amides is 1. The summed E-state index contributed by atoms with van der Waals surface area (Å²) >= 11 is 1.45. The van der Waals surface area contributed by atoms with Crippen molar-refractivity contribution in [3.8, 4) is 5.75 Å². The summed E-state index contributed by atoms with van der Waals surface area (Å²) in [7, 11) is -3.69. The van der Waals surface area contributed by atoms with Crippen molar-refractivity contribution in [2.24, 2.45) is 0 Å². The minimum absolute atomic E-state index is 0.187. The number of carbonyl (C=O) groups is 1. The van der Waals surface area contributed by atoms with Crippen molar-refractivity contribution in [2.75, 3.05) is 44.2 Å². The van der Waals surface area contributed by atoms with Crippen LogP contribution in [0.1, 0.15) is 42.3 Å². The van der Waals surface area contributed by atoms with Gasteiger partial charge < -0.3 is 9.64 Å². The van der Waals surface area contributed by atoms with Gasteiger partial charge in [0, 0.05) is 31.7 Å². The Labute approximate surface area is 246 Å². The minimum Gasteiger partial charge on any atom is -0.494 e. The van der Waals surface area contributed by atoms with Gasteiger partial charge in [-0.15, -0.1) is 0 Å². The van der Waals surface area contributed by atoms with Crippen LogP contribution in [0.2, 0.25) is 0 Å². The molecular weight excluding hydrogens is 556 g/mol. The molecule has 0 aliphatic carbocycles. The molecule has 0 atom stereocenters. The van der Waals surface area contributed by atoms with Crippen LogP contribution >= 0.6 is 11.3 Å². The van der Waals surface area contributed by atoms with Gasteiger partial charge in [0.25, 0.3) is 5.91 Å². The van der Waals surface area contributed by atoms with Crippen molar-refractivity contribution in [1.82, 2.24) is 14.2 Å². The topological polar surface area (TPSA) is 83.0 Å². The van der Waals surface area contributed by atoms with Crippen molar-refractivity contribution in [2.45, 2.75) is 38.6 Å². The fraction of sp³-hybridized carbons (Fsp3) is 0.355. The Kier molecular flexibility index (Phi) is 9.03. The summed E-state index contributed by atoms with van der Waals surface area (Å²) < 4.78 is 35.0. The van der Waals surface area contributed by atoms with Crippen molar-refractivity contribution < 1.29 is 17.9 Å². The summed E-state index contributed by atoms with van der Waals surface area (Å²) in [6, 6.07) is 20.0. The summed E-state index contributed by atoms with van der Waals surface area (Å²) in [6.07, 6.45) is 0.682. The summed E-state index contributed by atoms with van der Waals surface area (Å²) in [5, 5.41) is 0.606. The summed E-state index contributed by atoms with van der Waals surface area (Å²) in [4.78, 5) is 22.8. The molecule has 0 saturated carbocycles. The number of fused-ring (bicyclic) bond motifs is 2. The second-order valence-electron chi connectivity index (χ2n) is 9.92. The largest absolute Gasteiger partial charge is 0.494 e. The van der Waals surface area contributed by atoms with E-state index in [1.54, 1.807) is 29.2 Å². The van der Waals surface area contributed by atoms with Gasteiger partial charge in [0.05, 0.1) is 21.7 Å². The molecule has 0 unspecified atom stereocenters. The highest BCUT2D eigenvalue weighted by Gasteiger charge is 2.29. The summed E-state index contributed by atoms with van der Waals surface area (Å²) in [5.74, 6) is 0.558. The first-order chi connectivity index (χ1) is 19.8. The van der Waals surface area contributed by atoms with Crippen LogP contribution in [0, 0.1) is 0 Å². The first-order valence-corrected chi connectivity index (χ1v) is 16.3. The molecule has 0 radical (unpaired) electrons. The van der Waals surface area contributed by atoms with E-state index in [1.165, 1.54) is 21.2 Å². The van der Waals surface area contributed by atoms with Crippen LogP contribution in [0.25, 0.3) is 10.2 Å². The molecule has 2 heterocycles. The Morgan fingerprint density at radius 2 is 1.71 bits per heavy atom. The fourth-order valence-corrected chi connectivity index (χ4v) is 7.52. The molecule has 1 aliphatic heterocycles. The molecule has 3 aromatic carbocycles. The Morgan fingerprint density at radius 1 is 0.976 bits per heavy atom. The van der Waals surface area contributed by atoms with Gasteiger partial charge in [-0.3, -0.25) is 9.69 Å². The number of thiazole rings is 1. The molecule has 216 valence electrons. The Morgan fingerprint density at radius 3 is 2.41 bits per heavy atom. The first-order valence-electron chi connectivity index (χ1n) is 14.1. The Balaban J connectivity index is 1.40. The average Bonchev–Trinajstić information content (AvgIpc) is 3.42. The van der Waals surface area contributed by atoms with Crippen molar-refractivity contribution in [3.63, 3.8) is 0 Å². The Hall–Kier alpha value is -3.31. The van der Waals surface area contributed by atoms with E-state index in [1.807, 2.05) is 43.3 Å². The molecule has 5 rings (SSSR count). The molecule has 0 saturated heterocycles. The molecule has 1 aliphatic rings. The van der Waals surface area contributed by atoms with E-state index in [0.717, 1.165) is 34.6 Å². The third-order valence-electron chi connectivity index (χ3n) is 7.50. The standard InChI is InChI=1S/C31H36N4O4S2/c1-4-33(5-2)19-20-35(31-32-28-16-13-26(39-6-3)21-29(28)40-31)30(36)24-11-14-27(15-12-24)41(37,38)34-18-17-23-9-7-8-10-25(23)22-34/h7-16,21H,4-6,17-20,22H2,1-3H3. The molecule has 4 aromatic rings. The predicted molar refractivity (Wildman–Crippen MR) is 164 cm³/mol. The number of rotatable bonds is 11. The van der Waals surface area contributed by atoms with E-state index in [9.17, 15) is 13.2 Å². The van der Waals surface area contributed by atoms with Crippen LogP contribution in [0.4, 0.5) is 5.13 Å². The van der Waals surface area contributed by atoms with Crippen LogP contribution in [0.15, 0.2) is 71.6 Å². The number of carbonyl (C=O) groups excluding carboxylic acids is 1. The number of nitrogens with zero attached hydrogens (tertiary/aromatic N) is 4. The molecule has 0 spiro atoms. The van der Waals surface area contributed by atoms with Gasteiger partial charge in [0.15, 0.2) is 5.13 Å². The maximum Gasteiger partial charge on any atom is 0.260 e. The number of hydrogen-bond donors (Lipinski definition) is 0. The summed E-state index contributed by atoms with van der Waals surface area (Å²) in [5.41, 5.74) is 3.44. The molecule has 1 amide bonds. The van der Waals surface area contributed by atoms with Gasteiger partial charge in [-0.2, -0.15) is 4.31 Å². The predicted octanol–water partition coefficient (Wildman–Crippen LogP) is 5.43. The van der Waals surface area contributed by atoms with E-state index in [2.05, 4.69) is 24.8 Å². The molecule has 10 heteroatoms. The van der Waals surface area contributed by atoms with E-state index in [-0.39, 0.29) is 10.8 Å². The second-order valence-corrected chi connectivity index (χ2v) is 12.9. The van der Waals surface area contributed by atoms with Crippen LogP contribution in [-0.4, -0.2) is 67.8 Å². The van der Waals surface area contributed by atoms with Gasteiger partial charge >= 0.3 is 0 Å². The van der Waals surface area contributed by atoms with Gasteiger partial charge in [-0.25, -0.2) is 13.4 Å². The summed E-state index contributed by atoms with van der Waals surface area (Å²) in [6.45, 7) is 10.4. The van der Waals surface area contributed by atoms with Crippen LogP contribution < -0.4 is 9.64 Å². The number of anilines is 1. The highest BCUT2D eigenvalue weighted by molar-refractivity contribution is 7.89. The zero-order chi connectivity index (χ0) is 29.0. The number of likely N-dealkylation sites (N-methyl/N-ethyl adjacent to an activating group) is 1. The number of hydrogen-bond acceptors (Lipinski definition) is 7. The number of benzene rings is 3. The first kappa shape index (κ1) is 29.2. The zero-order valence-corrected chi connectivity index (χ0v) is 25.4. The molecular formula is C31H36N4O4S2. The van der Waals surface area contributed by atoms with E-state index in [4.69, 9.17) is 9.72 Å². The fourth-order valence-electron chi connectivity index (χ4n) is 5.08. The van der Waals surface area contributed by atoms with Gasteiger partial charge in [0.2, 0.25) is 10.0 Å². The van der Waals surface area contributed by atoms with Gasteiger partial charge in [-0.1, -0.05) is 49.4 Å². The lowest BCUT2D eigenvalue weighted by molar-refractivity contribution is 0.0983. The van der Waals surface area contributed by atoms with Crippen LogP contribution in [-0.2, 0) is 23.0 Å². The smallest absolute Gasteiger partial charge is 0.260 e. The maximum absolute atomic E-state index is 13.9. The zero-order valence-electron chi connectivity index (χ0n) is 23.7. The third-order valence-corrected chi connectivity index (χ3v) is 10.4. The second kappa shape index (κ2) is 12.7. The molecule has 0 N–H and O–H groups in total. The maximum atomic E-state index is 13.9. The number of aromatic nitrogens is 1. The Bertz CT molecular complexity index is 1610. The highest BCUT2D eigenvalue weighted by Crippen LogP contribution is 2.33. The lowest BCUT2D eigenvalue weighted by atomic mass is 10.0. The van der Waals surface area contributed by atoms with Gasteiger partial charge in [0.1, 0.15) is 5.75 Å². The van der Waals surface area contributed by atoms with E-state index < -0.39 is 10.0 Å². The highest BCUT2D eigenvalue weighted by atomic mass is 32.2. The molecule has 0 fully saturated rings. The average molecular weight is 593 g/mol. The van der Waals surface area contributed by atoms with Crippen LogP contribution in [0.3, 0.4) is 0 Å². The number of sulfonamides is 1. The molecule has 41 heavy (non-hydrogen) atoms. The van der Waals surface area contributed by atoms with Crippen LogP contribution in [0.5, 0.6) is 5.75 Å².